The van der Waals surface area contributed by atoms with Gasteiger partial charge in [0, 0.05) is 12.6 Å². The maximum Gasteiger partial charge on any atom is 0.242 e. The molecule has 1 aliphatic heterocycles. The average molecular weight is 240 g/mol. The largest absolute Gasteiger partial charge is 0.345 e. The zero-order valence-electron chi connectivity index (χ0n) is 8.87. The molecule has 1 saturated heterocycles. The number of benzene rings is 1. The van der Waals surface area contributed by atoms with Crippen LogP contribution in [0.25, 0.3) is 0 Å². The average Bonchev–Trinajstić information content (AvgIpc) is 2.22. The monoisotopic (exact) mass is 240 g/mol. The van der Waals surface area contributed by atoms with Gasteiger partial charge in [0.25, 0.3) is 0 Å². The molecule has 0 aromatic heterocycles. The van der Waals surface area contributed by atoms with Crippen molar-refractivity contribution in [2.75, 3.05) is 13.1 Å². The lowest BCUT2D eigenvalue weighted by molar-refractivity contribution is -0.141. The zero-order chi connectivity index (χ0) is 12.4. The van der Waals surface area contributed by atoms with E-state index < -0.39 is 11.6 Å². The predicted molar refractivity (Wildman–Crippen MR) is 54.8 cm³/mol. The Balaban J connectivity index is 2.13. The second kappa shape index (κ2) is 4.48. The quantitative estimate of drug-likeness (QED) is 0.814. The van der Waals surface area contributed by atoms with E-state index in [2.05, 4.69) is 5.32 Å². The molecule has 0 atom stereocenters. The van der Waals surface area contributed by atoms with Crippen LogP contribution in [-0.4, -0.2) is 29.8 Å². The Kier molecular flexibility index (Phi) is 3.03. The molecule has 0 bridgehead atoms. The van der Waals surface area contributed by atoms with Crippen molar-refractivity contribution in [1.29, 1.82) is 0 Å². The van der Waals surface area contributed by atoms with Crippen molar-refractivity contribution in [1.82, 2.24) is 10.2 Å². The lowest BCUT2D eigenvalue weighted by Gasteiger charge is -2.26. The molecule has 90 valence electrons. The standard InChI is InChI=1S/C11H10F2N2O2/c12-8-1-7(2-9(13)3-8)5-15-6-10(16)14-4-11(15)17/h1-3H,4-6H2,(H,14,16). The highest BCUT2D eigenvalue weighted by Gasteiger charge is 2.23. The van der Waals surface area contributed by atoms with Crippen LogP contribution in [0.2, 0.25) is 0 Å². The van der Waals surface area contributed by atoms with E-state index in [1.165, 1.54) is 4.90 Å². The van der Waals surface area contributed by atoms with E-state index in [0.717, 1.165) is 18.2 Å². The number of halogens is 2. The molecule has 2 rings (SSSR count). The third kappa shape index (κ3) is 2.77. The Labute approximate surface area is 96.2 Å². The van der Waals surface area contributed by atoms with Crippen LogP contribution in [0.15, 0.2) is 18.2 Å². The van der Waals surface area contributed by atoms with Crippen molar-refractivity contribution in [3.8, 4) is 0 Å². The third-order valence-corrected chi connectivity index (χ3v) is 2.42. The van der Waals surface area contributed by atoms with Crippen LogP contribution in [0.3, 0.4) is 0 Å². The molecule has 2 amide bonds. The first-order chi connectivity index (χ1) is 8.04. The first-order valence-corrected chi connectivity index (χ1v) is 5.04. The number of carbonyl (C=O) groups is 2. The van der Waals surface area contributed by atoms with Gasteiger partial charge in [-0.15, -0.1) is 0 Å². The number of nitrogens with zero attached hydrogens (tertiary/aromatic N) is 1. The highest BCUT2D eigenvalue weighted by Crippen LogP contribution is 2.11. The predicted octanol–water partition coefficient (Wildman–Crippen LogP) is 0.423. The van der Waals surface area contributed by atoms with Crippen LogP contribution in [-0.2, 0) is 16.1 Å². The van der Waals surface area contributed by atoms with Gasteiger partial charge in [0.15, 0.2) is 0 Å². The lowest BCUT2D eigenvalue weighted by atomic mass is 10.2. The number of hydrogen-bond acceptors (Lipinski definition) is 2. The van der Waals surface area contributed by atoms with Gasteiger partial charge >= 0.3 is 0 Å². The molecule has 1 aliphatic rings. The molecule has 1 aromatic carbocycles. The summed E-state index contributed by atoms with van der Waals surface area (Å²) in [6.07, 6.45) is 0. The Hall–Kier alpha value is -1.98. The molecule has 0 aliphatic carbocycles. The molecule has 0 unspecified atom stereocenters. The Morgan fingerprint density at radius 3 is 2.47 bits per heavy atom. The van der Waals surface area contributed by atoms with Crippen LogP contribution >= 0.6 is 0 Å². The van der Waals surface area contributed by atoms with Crippen LogP contribution < -0.4 is 5.32 Å². The molecular weight excluding hydrogens is 230 g/mol. The summed E-state index contributed by atoms with van der Waals surface area (Å²) in [5.41, 5.74) is 0.325. The number of nitrogens with one attached hydrogen (secondary N) is 1. The smallest absolute Gasteiger partial charge is 0.242 e. The molecule has 17 heavy (non-hydrogen) atoms. The van der Waals surface area contributed by atoms with Gasteiger partial charge in [0.1, 0.15) is 11.6 Å². The van der Waals surface area contributed by atoms with Gasteiger partial charge in [0.2, 0.25) is 11.8 Å². The highest BCUT2D eigenvalue weighted by atomic mass is 19.1. The first kappa shape index (κ1) is 11.5. The molecule has 0 radical (unpaired) electrons. The van der Waals surface area contributed by atoms with E-state index >= 15 is 0 Å². The van der Waals surface area contributed by atoms with Gasteiger partial charge in [0.05, 0.1) is 13.1 Å². The minimum absolute atomic E-state index is 0.0287. The van der Waals surface area contributed by atoms with E-state index in [0.29, 0.717) is 5.56 Å². The van der Waals surface area contributed by atoms with Gasteiger partial charge < -0.3 is 10.2 Å². The van der Waals surface area contributed by atoms with Crippen LogP contribution in [0.1, 0.15) is 5.56 Å². The summed E-state index contributed by atoms with van der Waals surface area (Å²) in [4.78, 5) is 23.8. The van der Waals surface area contributed by atoms with Crippen molar-refractivity contribution in [3.63, 3.8) is 0 Å². The number of rotatable bonds is 2. The van der Waals surface area contributed by atoms with E-state index in [1.807, 2.05) is 0 Å². The Bertz CT molecular complexity index is 456. The summed E-state index contributed by atoms with van der Waals surface area (Å²) < 4.78 is 25.9. The maximum atomic E-state index is 12.9. The summed E-state index contributed by atoms with van der Waals surface area (Å²) in [7, 11) is 0. The van der Waals surface area contributed by atoms with E-state index in [4.69, 9.17) is 0 Å². The normalized spacial score (nSPS) is 16.0. The lowest BCUT2D eigenvalue weighted by Crippen LogP contribution is -2.51. The third-order valence-electron chi connectivity index (χ3n) is 2.42. The van der Waals surface area contributed by atoms with Crippen LogP contribution in [0, 0.1) is 11.6 Å². The van der Waals surface area contributed by atoms with Crippen LogP contribution in [0.5, 0.6) is 0 Å². The van der Waals surface area contributed by atoms with Crippen molar-refractivity contribution < 1.29 is 18.4 Å². The summed E-state index contributed by atoms with van der Waals surface area (Å²) in [5.74, 6) is -1.95. The fourth-order valence-electron chi connectivity index (χ4n) is 1.67. The Morgan fingerprint density at radius 1 is 1.18 bits per heavy atom. The second-order valence-corrected chi connectivity index (χ2v) is 3.80. The number of hydrogen-bond donors (Lipinski definition) is 1. The molecule has 1 aromatic rings. The molecule has 0 spiro atoms. The number of amides is 2. The van der Waals surface area contributed by atoms with Gasteiger partial charge in [-0.2, -0.15) is 0 Å². The minimum Gasteiger partial charge on any atom is -0.345 e. The summed E-state index contributed by atoms with van der Waals surface area (Å²) in [5, 5.41) is 2.39. The number of carbonyl (C=O) groups excluding carboxylic acids is 2. The van der Waals surface area contributed by atoms with Gasteiger partial charge in [-0.1, -0.05) is 0 Å². The molecule has 0 saturated carbocycles. The topological polar surface area (TPSA) is 49.4 Å². The second-order valence-electron chi connectivity index (χ2n) is 3.80. The Morgan fingerprint density at radius 2 is 1.82 bits per heavy atom. The molecular formula is C11H10F2N2O2. The van der Waals surface area contributed by atoms with E-state index in [9.17, 15) is 18.4 Å². The molecule has 1 N–H and O–H groups in total. The van der Waals surface area contributed by atoms with Crippen LogP contribution in [0.4, 0.5) is 8.78 Å². The summed E-state index contributed by atoms with van der Waals surface area (Å²) in [6, 6.07) is 3.04. The van der Waals surface area contributed by atoms with Crippen molar-refractivity contribution in [2.24, 2.45) is 0 Å². The van der Waals surface area contributed by atoms with Crippen molar-refractivity contribution in [3.05, 3.63) is 35.4 Å². The van der Waals surface area contributed by atoms with Gasteiger partial charge in [-0.25, -0.2) is 8.78 Å². The van der Waals surface area contributed by atoms with Gasteiger partial charge in [-0.3, -0.25) is 9.59 Å². The molecule has 1 fully saturated rings. The minimum atomic E-state index is -0.700. The van der Waals surface area contributed by atoms with Gasteiger partial charge in [-0.05, 0) is 17.7 Å². The first-order valence-electron chi connectivity index (χ1n) is 5.04. The SMILES string of the molecule is O=C1CN(Cc2cc(F)cc(F)c2)C(=O)CN1. The maximum absolute atomic E-state index is 12.9. The molecule has 1 heterocycles. The zero-order valence-corrected chi connectivity index (χ0v) is 8.87. The van der Waals surface area contributed by atoms with E-state index in [1.54, 1.807) is 0 Å². The molecule has 6 heteroatoms. The highest BCUT2D eigenvalue weighted by molar-refractivity contribution is 5.92. The molecule has 4 nitrogen and oxygen atoms in total. The fourth-order valence-corrected chi connectivity index (χ4v) is 1.67. The number of piperazine rings is 1. The van der Waals surface area contributed by atoms with Crippen molar-refractivity contribution in [2.45, 2.75) is 6.54 Å². The van der Waals surface area contributed by atoms with E-state index in [-0.39, 0.29) is 31.4 Å². The van der Waals surface area contributed by atoms with Crippen molar-refractivity contribution >= 4 is 11.8 Å². The summed E-state index contributed by atoms with van der Waals surface area (Å²) in [6.45, 7) is -0.130. The fraction of sp³-hybridized carbons (Fsp3) is 0.273. The summed E-state index contributed by atoms with van der Waals surface area (Å²) >= 11 is 0.